The van der Waals surface area contributed by atoms with Crippen LogP contribution in [0.3, 0.4) is 0 Å². The summed E-state index contributed by atoms with van der Waals surface area (Å²) >= 11 is 3.65. The lowest BCUT2D eigenvalue weighted by molar-refractivity contribution is 0.195. The number of hydrogen-bond donors (Lipinski definition) is 1. The molecule has 0 aliphatic rings. The van der Waals surface area contributed by atoms with Gasteiger partial charge in [-0.15, -0.1) is 11.3 Å². The molecule has 1 atom stereocenters. The van der Waals surface area contributed by atoms with Crippen LogP contribution in [-0.2, 0) is 10.2 Å². The van der Waals surface area contributed by atoms with Crippen molar-refractivity contribution in [1.29, 1.82) is 0 Å². The first-order chi connectivity index (χ1) is 8.99. The Morgan fingerprint density at radius 3 is 2.74 bits per heavy atom. The van der Waals surface area contributed by atoms with Gasteiger partial charge in [0.15, 0.2) is 0 Å². The summed E-state index contributed by atoms with van der Waals surface area (Å²) in [4.78, 5) is 4.82. The van der Waals surface area contributed by atoms with E-state index in [0.29, 0.717) is 6.04 Å². The molecule has 0 saturated heterocycles. The van der Waals surface area contributed by atoms with Crippen LogP contribution in [-0.4, -0.2) is 37.3 Å². The van der Waals surface area contributed by atoms with E-state index in [2.05, 4.69) is 37.7 Å². The quantitative estimate of drug-likeness (QED) is 0.746. The largest absolute Gasteiger partial charge is 0.383 e. The summed E-state index contributed by atoms with van der Waals surface area (Å²) in [5.41, 5.74) is 1.32. The Bertz CT molecular complexity index is 361. The van der Waals surface area contributed by atoms with Crippen molar-refractivity contribution in [3.63, 3.8) is 0 Å². The highest BCUT2D eigenvalue weighted by Gasteiger charge is 2.20. The zero-order valence-corrected chi connectivity index (χ0v) is 14.3. The Balaban J connectivity index is 2.70. The molecular weight excluding hydrogens is 276 g/mol. The molecule has 0 radical (unpaired) electrons. The fourth-order valence-corrected chi connectivity index (χ4v) is 3.30. The number of nitrogens with one attached hydrogen (secondary N) is 1. The van der Waals surface area contributed by atoms with E-state index < -0.39 is 0 Å². The lowest BCUT2D eigenvalue weighted by Crippen LogP contribution is -2.26. The van der Waals surface area contributed by atoms with Gasteiger partial charge in [0, 0.05) is 24.4 Å². The number of rotatable bonds is 8. The Labute approximate surface area is 125 Å². The Hall–Kier alpha value is -0.100. The SMILES string of the molecule is COCCNC(CCSC)c1nc(C(C)(C)C)cs1. The van der Waals surface area contributed by atoms with E-state index in [1.165, 1.54) is 10.7 Å². The molecule has 1 unspecified atom stereocenters. The van der Waals surface area contributed by atoms with E-state index in [0.717, 1.165) is 25.3 Å². The van der Waals surface area contributed by atoms with Crippen LogP contribution in [0.25, 0.3) is 0 Å². The summed E-state index contributed by atoms with van der Waals surface area (Å²) < 4.78 is 5.11. The van der Waals surface area contributed by atoms with Gasteiger partial charge in [-0.1, -0.05) is 20.8 Å². The maximum Gasteiger partial charge on any atom is 0.110 e. The minimum Gasteiger partial charge on any atom is -0.383 e. The van der Waals surface area contributed by atoms with Crippen LogP contribution in [0.1, 0.15) is 43.9 Å². The zero-order chi connectivity index (χ0) is 14.3. The van der Waals surface area contributed by atoms with E-state index in [1.54, 1.807) is 18.4 Å². The molecule has 1 heterocycles. The van der Waals surface area contributed by atoms with Gasteiger partial charge in [-0.3, -0.25) is 0 Å². The summed E-state index contributed by atoms with van der Waals surface area (Å²) in [5.74, 6) is 1.15. The van der Waals surface area contributed by atoms with Gasteiger partial charge in [-0.2, -0.15) is 11.8 Å². The zero-order valence-electron chi connectivity index (χ0n) is 12.7. The van der Waals surface area contributed by atoms with E-state index in [-0.39, 0.29) is 5.41 Å². The highest BCUT2D eigenvalue weighted by molar-refractivity contribution is 7.98. The number of hydrogen-bond acceptors (Lipinski definition) is 5. The number of ether oxygens (including phenoxy) is 1. The summed E-state index contributed by atoms with van der Waals surface area (Å²) in [7, 11) is 1.74. The van der Waals surface area contributed by atoms with E-state index >= 15 is 0 Å². The minimum absolute atomic E-state index is 0.130. The van der Waals surface area contributed by atoms with Crippen molar-refractivity contribution >= 4 is 23.1 Å². The Morgan fingerprint density at radius 2 is 2.21 bits per heavy atom. The molecule has 5 heteroatoms. The number of aromatic nitrogens is 1. The van der Waals surface area contributed by atoms with Crippen molar-refractivity contribution in [2.45, 2.75) is 38.6 Å². The van der Waals surface area contributed by atoms with E-state index in [4.69, 9.17) is 9.72 Å². The molecule has 0 aliphatic carbocycles. The molecule has 0 fully saturated rings. The molecule has 0 amide bonds. The number of thioether (sulfide) groups is 1. The van der Waals surface area contributed by atoms with Crippen LogP contribution >= 0.6 is 23.1 Å². The molecule has 0 aliphatic heterocycles. The predicted octanol–water partition coefficient (Wildman–Crippen LogP) is 3.47. The molecule has 19 heavy (non-hydrogen) atoms. The van der Waals surface area contributed by atoms with Gasteiger partial charge < -0.3 is 10.1 Å². The predicted molar refractivity (Wildman–Crippen MR) is 86.4 cm³/mol. The number of nitrogens with zero attached hydrogens (tertiary/aromatic N) is 1. The maximum absolute atomic E-state index is 5.11. The summed E-state index contributed by atoms with van der Waals surface area (Å²) in [6.07, 6.45) is 3.26. The maximum atomic E-state index is 5.11. The average Bonchev–Trinajstić information content (AvgIpc) is 2.83. The molecule has 3 nitrogen and oxygen atoms in total. The highest BCUT2D eigenvalue weighted by atomic mass is 32.2. The third-order valence-corrected chi connectivity index (χ3v) is 4.50. The second-order valence-corrected chi connectivity index (χ2v) is 7.48. The van der Waals surface area contributed by atoms with Crippen molar-refractivity contribution in [3.8, 4) is 0 Å². The van der Waals surface area contributed by atoms with Crippen LogP contribution in [0.15, 0.2) is 5.38 Å². The van der Waals surface area contributed by atoms with Crippen molar-refractivity contribution in [1.82, 2.24) is 10.3 Å². The van der Waals surface area contributed by atoms with Crippen LogP contribution in [0, 0.1) is 0 Å². The van der Waals surface area contributed by atoms with Gasteiger partial charge in [0.1, 0.15) is 5.01 Å². The lowest BCUT2D eigenvalue weighted by Gasteiger charge is -2.17. The van der Waals surface area contributed by atoms with Gasteiger partial charge in [-0.05, 0) is 18.4 Å². The van der Waals surface area contributed by atoms with Crippen molar-refractivity contribution in [2.75, 3.05) is 32.3 Å². The molecular formula is C14H26N2OS2. The Kier molecular flexibility index (Phi) is 7.36. The van der Waals surface area contributed by atoms with Crippen molar-refractivity contribution in [2.24, 2.45) is 0 Å². The smallest absolute Gasteiger partial charge is 0.110 e. The molecule has 1 aromatic rings. The molecule has 1 aromatic heterocycles. The molecule has 110 valence electrons. The minimum atomic E-state index is 0.130. The van der Waals surface area contributed by atoms with Crippen LogP contribution in [0.4, 0.5) is 0 Å². The second-order valence-electron chi connectivity index (χ2n) is 5.60. The molecule has 0 saturated carbocycles. The van der Waals surface area contributed by atoms with Gasteiger partial charge in [0.25, 0.3) is 0 Å². The van der Waals surface area contributed by atoms with E-state index in [9.17, 15) is 0 Å². The number of methoxy groups -OCH3 is 1. The first kappa shape index (κ1) is 17.0. The van der Waals surface area contributed by atoms with E-state index in [1.807, 2.05) is 11.8 Å². The first-order valence-corrected chi connectivity index (χ1v) is 8.93. The second kappa shape index (κ2) is 8.25. The van der Waals surface area contributed by atoms with Crippen molar-refractivity contribution < 1.29 is 4.74 Å². The summed E-state index contributed by atoms with van der Waals surface area (Å²) in [5, 5.41) is 6.94. The van der Waals surface area contributed by atoms with Gasteiger partial charge in [0.2, 0.25) is 0 Å². The molecule has 1 N–H and O–H groups in total. The molecule has 0 bridgehead atoms. The fraction of sp³-hybridized carbons (Fsp3) is 0.786. The summed E-state index contributed by atoms with van der Waals surface area (Å²) in [6, 6.07) is 0.351. The first-order valence-electron chi connectivity index (χ1n) is 6.66. The van der Waals surface area contributed by atoms with Gasteiger partial charge >= 0.3 is 0 Å². The van der Waals surface area contributed by atoms with Crippen LogP contribution in [0.5, 0.6) is 0 Å². The third kappa shape index (κ3) is 5.81. The molecule has 0 aromatic carbocycles. The monoisotopic (exact) mass is 302 g/mol. The standard InChI is InChI=1S/C14H26N2OS2/c1-14(2,3)12-10-19-13(16-12)11(6-9-18-5)15-7-8-17-4/h10-11,15H,6-9H2,1-5H3. The topological polar surface area (TPSA) is 34.1 Å². The van der Waals surface area contributed by atoms with Gasteiger partial charge in [0.05, 0.1) is 18.3 Å². The normalized spacial score (nSPS) is 13.7. The number of thiazole rings is 1. The fourth-order valence-electron chi connectivity index (χ4n) is 1.68. The summed E-state index contributed by atoms with van der Waals surface area (Å²) in [6.45, 7) is 8.25. The van der Waals surface area contributed by atoms with Crippen molar-refractivity contribution in [3.05, 3.63) is 16.1 Å². The molecule has 1 rings (SSSR count). The third-order valence-electron chi connectivity index (χ3n) is 2.90. The lowest BCUT2D eigenvalue weighted by atomic mass is 9.93. The Morgan fingerprint density at radius 1 is 1.47 bits per heavy atom. The van der Waals surface area contributed by atoms with Gasteiger partial charge in [-0.25, -0.2) is 4.98 Å². The average molecular weight is 303 g/mol. The van der Waals surface area contributed by atoms with Crippen LogP contribution in [0.2, 0.25) is 0 Å². The van der Waals surface area contributed by atoms with Crippen LogP contribution < -0.4 is 5.32 Å². The molecule has 0 spiro atoms. The highest BCUT2D eigenvalue weighted by Crippen LogP contribution is 2.28.